The van der Waals surface area contributed by atoms with Gasteiger partial charge in [-0.15, -0.1) is 11.6 Å². The van der Waals surface area contributed by atoms with Crippen molar-refractivity contribution in [2.75, 3.05) is 25.5 Å². The van der Waals surface area contributed by atoms with Gasteiger partial charge in [-0.25, -0.2) is 0 Å². The largest absolute Gasteiger partial charge is 0.390 e. The van der Waals surface area contributed by atoms with Crippen molar-refractivity contribution in [3.8, 4) is 0 Å². The summed E-state index contributed by atoms with van der Waals surface area (Å²) in [5, 5.41) is 9.34. The molecule has 0 aromatic carbocycles. The van der Waals surface area contributed by atoms with Crippen LogP contribution in [0.5, 0.6) is 0 Å². The van der Waals surface area contributed by atoms with Crippen molar-refractivity contribution in [2.45, 2.75) is 26.0 Å². The van der Waals surface area contributed by atoms with Crippen molar-refractivity contribution in [3.05, 3.63) is 0 Å². The highest BCUT2D eigenvalue weighted by molar-refractivity contribution is 6.35. The molecule has 92 valence electrons. The van der Waals surface area contributed by atoms with Gasteiger partial charge in [-0.3, -0.25) is 9.59 Å². The standard InChI is InChI=1S/C10H17ClN2O3/c1-7(2)13-4-3-12(6-8(14)5-11)9(15)10(13)16/h7-8,14H,3-6H2,1-2H3. The van der Waals surface area contributed by atoms with E-state index in [1.807, 2.05) is 13.8 Å². The van der Waals surface area contributed by atoms with Crippen molar-refractivity contribution in [1.29, 1.82) is 0 Å². The molecule has 1 aliphatic heterocycles. The van der Waals surface area contributed by atoms with E-state index in [9.17, 15) is 14.7 Å². The second-order valence-corrected chi connectivity index (χ2v) is 4.46. The van der Waals surface area contributed by atoms with E-state index in [2.05, 4.69) is 0 Å². The van der Waals surface area contributed by atoms with Gasteiger partial charge >= 0.3 is 11.8 Å². The van der Waals surface area contributed by atoms with Crippen LogP contribution in [0.2, 0.25) is 0 Å². The zero-order chi connectivity index (χ0) is 12.3. The van der Waals surface area contributed by atoms with Crippen molar-refractivity contribution in [3.63, 3.8) is 0 Å². The number of aliphatic hydroxyl groups excluding tert-OH is 1. The fourth-order valence-corrected chi connectivity index (χ4v) is 1.76. The first-order valence-corrected chi connectivity index (χ1v) is 5.84. The van der Waals surface area contributed by atoms with Crippen molar-refractivity contribution in [1.82, 2.24) is 9.80 Å². The van der Waals surface area contributed by atoms with E-state index in [1.54, 1.807) is 0 Å². The third kappa shape index (κ3) is 2.86. The minimum Gasteiger partial charge on any atom is -0.390 e. The van der Waals surface area contributed by atoms with Gasteiger partial charge in [0.25, 0.3) is 0 Å². The molecular formula is C10H17ClN2O3. The van der Waals surface area contributed by atoms with Crippen LogP contribution in [0.3, 0.4) is 0 Å². The van der Waals surface area contributed by atoms with Gasteiger partial charge in [-0.05, 0) is 13.8 Å². The van der Waals surface area contributed by atoms with E-state index in [1.165, 1.54) is 9.80 Å². The molecule has 1 unspecified atom stereocenters. The molecule has 1 N–H and O–H groups in total. The molecule has 1 aliphatic rings. The van der Waals surface area contributed by atoms with Crippen LogP contribution in [0, 0.1) is 0 Å². The molecule has 0 aliphatic carbocycles. The van der Waals surface area contributed by atoms with Crippen LogP contribution in [0.15, 0.2) is 0 Å². The lowest BCUT2D eigenvalue weighted by Gasteiger charge is -2.36. The Hall–Kier alpha value is -0.810. The number of nitrogens with zero attached hydrogens (tertiary/aromatic N) is 2. The molecule has 1 rings (SSSR count). The predicted octanol–water partition coefficient (Wildman–Crippen LogP) is -0.335. The van der Waals surface area contributed by atoms with Crippen molar-refractivity contribution in [2.24, 2.45) is 0 Å². The van der Waals surface area contributed by atoms with Gasteiger partial charge in [0.1, 0.15) is 0 Å². The van der Waals surface area contributed by atoms with Crippen LogP contribution in [0.4, 0.5) is 0 Å². The summed E-state index contributed by atoms with van der Waals surface area (Å²) in [6, 6.07) is 0.0246. The molecule has 16 heavy (non-hydrogen) atoms. The zero-order valence-electron chi connectivity index (χ0n) is 9.52. The lowest BCUT2D eigenvalue weighted by molar-refractivity contribution is -0.158. The number of rotatable bonds is 4. The highest BCUT2D eigenvalue weighted by atomic mass is 35.5. The van der Waals surface area contributed by atoms with Gasteiger partial charge in [-0.2, -0.15) is 0 Å². The summed E-state index contributed by atoms with van der Waals surface area (Å²) in [5.41, 5.74) is 0. The summed E-state index contributed by atoms with van der Waals surface area (Å²) in [5.74, 6) is -0.988. The number of aliphatic hydroxyl groups is 1. The van der Waals surface area contributed by atoms with Crippen LogP contribution in [0.1, 0.15) is 13.8 Å². The van der Waals surface area contributed by atoms with E-state index in [-0.39, 0.29) is 18.5 Å². The molecule has 6 heteroatoms. The van der Waals surface area contributed by atoms with Gasteiger partial charge in [-0.1, -0.05) is 0 Å². The summed E-state index contributed by atoms with van der Waals surface area (Å²) in [7, 11) is 0. The average molecular weight is 249 g/mol. The molecule has 1 atom stereocenters. The highest BCUT2D eigenvalue weighted by Crippen LogP contribution is 2.09. The number of halogens is 1. The first kappa shape index (κ1) is 13.3. The fourth-order valence-electron chi connectivity index (χ4n) is 1.66. The van der Waals surface area contributed by atoms with Gasteiger partial charge in [0.05, 0.1) is 12.0 Å². The maximum absolute atomic E-state index is 11.7. The van der Waals surface area contributed by atoms with Crippen LogP contribution in [-0.2, 0) is 9.59 Å². The first-order chi connectivity index (χ1) is 7.47. The number of hydrogen-bond acceptors (Lipinski definition) is 3. The summed E-state index contributed by atoms with van der Waals surface area (Å²) in [6.45, 7) is 4.83. The molecule has 1 heterocycles. The Bertz CT molecular complexity index is 283. The molecule has 1 saturated heterocycles. The highest BCUT2D eigenvalue weighted by Gasteiger charge is 2.34. The lowest BCUT2D eigenvalue weighted by atomic mass is 10.2. The molecule has 1 fully saturated rings. The number of amides is 2. The van der Waals surface area contributed by atoms with Crippen molar-refractivity contribution >= 4 is 23.4 Å². The lowest BCUT2D eigenvalue weighted by Crippen LogP contribution is -2.57. The minimum atomic E-state index is -0.774. The zero-order valence-corrected chi connectivity index (χ0v) is 10.3. The van der Waals surface area contributed by atoms with E-state index in [0.29, 0.717) is 13.1 Å². The van der Waals surface area contributed by atoms with Crippen LogP contribution < -0.4 is 0 Å². The number of β-amino-alcohol motifs (C(OH)–C–C–N with tert-alkyl or cyclic N) is 1. The number of alkyl halides is 1. The van der Waals surface area contributed by atoms with Crippen LogP contribution >= 0.6 is 11.6 Å². The van der Waals surface area contributed by atoms with Crippen molar-refractivity contribution < 1.29 is 14.7 Å². The van der Waals surface area contributed by atoms with E-state index in [0.717, 1.165) is 0 Å². The first-order valence-electron chi connectivity index (χ1n) is 5.31. The number of carbonyl (C=O) groups is 2. The molecule has 5 nitrogen and oxygen atoms in total. The monoisotopic (exact) mass is 248 g/mol. The molecule has 2 amide bonds. The second kappa shape index (κ2) is 5.50. The molecule has 0 spiro atoms. The smallest absolute Gasteiger partial charge is 0.312 e. The molecule has 0 aromatic heterocycles. The van der Waals surface area contributed by atoms with E-state index >= 15 is 0 Å². The Balaban J connectivity index is 2.62. The van der Waals surface area contributed by atoms with E-state index in [4.69, 9.17) is 11.6 Å². The molecular weight excluding hydrogens is 232 g/mol. The molecule has 0 saturated carbocycles. The number of hydrogen-bond donors (Lipinski definition) is 1. The fraction of sp³-hybridized carbons (Fsp3) is 0.800. The van der Waals surface area contributed by atoms with E-state index < -0.39 is 17.9 Å². The normalized spacial score (nSPS) is 19.6. The third-order valence-corrected chi connectivity index (χ3v) is 2.93. The van der Waals surface area contributed by atoms with Crippen LogP contribution in [-0.4, -0.2) is 64.4 Å². The average Bonchev–Trinajstić information content (AvgIpc) is 2.24. The quantitative estimate of drug-likeness (QED) is 0.547. The van der Waals surface area contributed by atoms with Crippen LogP contribution in [0.25, 0.3) is 0 Å². The summed E-state index contributed by atoms with van der Waals surface area (Å²) in [6.07, 6.45) is -0.774. The Morgan fingerprint density at radius 2 is 1.94 bits per heavy atom. The van der Waals surface area contributed by atoms with Gasteiger partial charge in [0, 0.05) is 25.7 Å². The molecule has 0 aromatic rings. The SMILES string of the molecule is CC(C)N1CCN(CC(O)CCl)C(=O)C1=O. The van der Waals surface area contributed by atoms with Gasteiger partial charge < -0.3 is 14.9 Å². The Kier molecular flexibility index (Phi) is 4.56. The summed E-state index contributed by atoms with van der Waals surface area (Å²) < 4.78 is 0. The Labute approximate surface area is 100.0 Å². The van der Waals surface area contributed by atoms with Gasteiger partial charge in [0.15, 0.2) is 0 Å². The number of carbonyl (C=O) groups excluding carboxylic acids is 2. The maximum Gasteiger partial charge on any atom is 0.312 e. The maximum atomic E-state index is 11.7. The van der Waals surface area contributed by atoms with Gasteiger partial charge in [0.2, 0.25) is 0 Å². The predicted molar refractivity (Wildman–Crippen MR) is 60.2 cm³/mol. The summed E-state index contributed by atoms with van der Waals surface area (Å²) in [4.78, 5) is 26.2. The second-order valence-electron chi connectivity index (χ2n) is 4.15. The third-order valence-electron chi connectivity index (χ3n) is 2.57. The molecule has 0 radical (unpaired) electrons. The summed E-state index contributed by atoms with van der Waals surface area (Å²) >= 11 is 5.45. The number of piperazine rings is 1. The Morgan fingerprint density at radius 1 is 1.31 bits per heavy atom. The molecule has 0 bridgehead atoms. The topological polar surface area (TPSA) is 60.9 Å². The Morgan fingerprint density at radius 3 is 2.44 bits per heavy atom. The minimum absolute atomic E-state index is 0.0246.